The van der Waals surface area contributed by atoms with Gasteiger partial charge in [-0.3, -0.25) is 0 Å². The van der Waals surface area contributed by atoms with Crippen molar-refractivity contribution in [2.75, 3.05) is 0 Å². The monoisotopic (exact) mass is 282 g/mol. The molecule has 18 heavy (non-hydrogen) atoms. The Labute approximate surface area is 108 Å². The number of hydrogen-bond acceptors (Lipinski definition) is 2. The number of carbonyl (C=O) groups is 1. The fourth-order valence-corrected chi connectivity index (χ4v) is 2.03. The van der Waals surface area contributed by atoms with E-state index in [4.69, 9.17) is 11.6 Å². The van der Waals surface area contributed by atoms with E-state index in [1.165, 1.54) is 7.05 Å². The first-order chi connectivity index (χ1) is 8.32. The molecule has 0 aliphatic rings. The fraction of sp³-hybridized carbons (Fsp3) is 0.636. The molecule has 0 saturated heterocycles. The van der Waals surface area contributed by atoms with Gasteiger partial charge in [-0.15, -0.1) is 11.6 Å². The first-order valence-electron chi connectivity index (χ1n) is 5.55. The van der Waals surface area contributed by atoms with Crippen molar-refractivity contribution in [1.82, 2.24) is 9.55 Å². The number of unbranched alkanes of at least 4 members (excludes halogenated alkanes) is 1. The summed E-state index contributed by atoms with van der Waals surface area (Å²) in [5.74, 6) is -1.02. The number of carbonyl (C=O) groups excluding carboxylic acids is 1. The van der Waals surface area contributed by atoms with E-state index in [-0.39, 0.29) is 11.4 Å². The summed E-state index contributed by atoms with van der Waals surface area (Å²) in [6, 6.07) is 0. The van der Waals surface area contributed by atoms with Crippen molar-refractivity contribution in [3.63, 3.8) is 0 Å². The third-order valence-corrected chi connectivity index (χ3v) is 2.93. The SMILES string of the molecule is CCCCc1nc(C(F)(F)F)n(C)c1C(Cl)C=O. The molecule has 1 atom stereocenters. The fourth-order valence-electron chi connectivity index (χ4n) is 1.76. The summed E-state index contributed by atoms with van der Waals surface area (Å²) in [7, 11) is 1.22. The lowest BCUT2D eigenvalue weighted by Crippen LogP contribution is -2.14. The van der Waals surface area contributed by atoms with Gasteiger partial charge in [-0.05, 0) is 12.8 Å². The third-order valence-electron chi connectivity index (χ3n) is 2.62. The summed E-state index contributed by atoms with van der Waals surface area (Å²) in [6.07, 6.45) is -2.23. The zero-order chi connectivity index (χ0) is 13.9. The quantitative estimate of drug-likeness (QED) is 0.614. The highest BCUT2D eigenvalue weighted by atomic mass is 35.5. The Morgan fingerprint density at radius 1 is 1.50 bits per heavy atom. The minimum Gasteiger partial charge on any atom is -0.326 e. The van der Waals surface area contributed by atoms with Gasteiger partial charge >= 0.3 is 6.18 Å². The third kappa shape index (κ3) is 3.04. The first-order valence-corrected chi connectivity index (χ1v) is 5.98. The molecule has 0 fully saturated rings. The highest BCUT2D eigenvalue weighted by Gasteiger charge is 2.38. The topological polar surface area (TPSA) is 34.9 Å². The Kier molecular flexibility index (Phi) is 4.78. The van der Waals surface area contributed by atoms with E-state index in [0.29, 0.717) is 19.1 Å². The molecule has 3 nitrogen and oxygen atoms in total. The summed E-state index contributed by atoms with van der Waals surface area (Å²) in [5, 5.41) is -1.11. The standard InChI is InChI=1S/C11H14ClF3N2O/c1-3-4-5-8-9(7(12)6-18)17(2)10(16-8)11(13,14)15/h6-7H,3-5H2,1-2H3. The minimum atomic E-state index is -4.55. The van der Waals surface area contributed by atoms with Gasteiger partial charge in [-0.25, -0.2) is 4.98 Å². The number of imidazole rings is 1. The molecule has 0 N–H and O–H groups in total. The summed E-state index contributed by atoms with van der Waals surface area (Å²) < 4.78 is 39.0. The summed E-state index contributed by atoms with van der Waals surface area (Å²) in [6.45, 7) is 1.92. The van der Waals surface area contributed by atoms with Crippen LogP contribution < -0.4 is 0 Å². The van der Waals surface area contributed by atoms with Crippen LogP contribution in [-0.2, 0) is 24.4 Å². The molecular formula is C11H14ClF3N2O. The maximum atomic E-state index is 12.7. The smallest absolute Gasteiger partial charge is 0.326 e. The second kappa shape index (κ2) is 5.73. The van der Waals surface area contributed by atoms with Crippen molar-refractivity contribution in [2.24, 2.45) is 7.05 Å². The number of rotatable bonds is 5. The van der Waals surface area contributed by atoms with Crippen LogP contribution in [0.3, 0.4) is 0 Å². The lowest BCUT2D eigenvalue weighted by atomic mass is 10.1. The van der Waals surface area contributed by atoms with Gasteiger partial charge in [0.2, 0.25) is 5.82 Å². The molecule has 0 aliphatic heterocycles. The summed E-state index contributed by atoms with van der Waals surface area (Å²) in [4.78, 5) is 14.3. The average Bonchev–Trinajstić information content (AvgIpc) is 2.62. The molecule has 0 radical (unpaired) electrons. The molecule has 102 valence electrons. The maximum absolute atomic E-state index is 12.7. The van der Waals surface area contributed by atoms with E-state index in [1.807, 2.05) is 6.92 Å². The average molecular weight is 283 g/mol. The molecule has 0 saturated carbocycles. The Balaban J connectivity index is 3.27. The van der Waals surface area contributed by atoms with E-state index in [1.54, 1.807) is 0 Å². The molecule has 1 rings (SSSR count). The van der Waals surface area contributed by atoms with Crippen LogP contribution in [-0.4, -0.2) is 15.8 Å². The van der Waals surface area contributed by atoms with Gasteiger partial charge in [-0.1, -0.05) is 13.3 Å². The van der Waals surface area contributed by atoms with Gasteiger partial charge in [0.1, 0.15) is 11.7 Å². The Morgan fingerprint density at radius 3 is 2.56 bits per heavy atom. The predicted molar refractivity (Wildman–Crippen MR) is 61.5 cm³/mol. The first kappa shape index (κ1) is 15.0. The van der Waals surface area contributed by atoms with Gasteiger partial charge in [0, 0.05) is 7.05 Å². The molecule has 0 aromatic carbocycles. The van der Waals surface area contributed by atoms with Crippen LogP contribution in [0.5, 0.6) is 0 Å². The van der Waals surface area contributed by atoms with Crippen molar-refractivity contribution in [1.29, 1.82) is 0 Å². The molecule has 0 amide bonds. The zero-order valence-corrected chi connectivity index (χ0v) is 10.8. The van der Waals surface area contributed by atoms with Crippen LogP contribution in [0.25, 0.3) is 0 Å². The van der Waals surface area contributed by atoms with Crippen LogP contribution in [0.2, 0.25) is 0 Å². The number of nitrogens with zero attached hydrogens (tertiary/aromatic N) is 2. The highest BCUT2D eigenvalue weighted by Crippen LogP contribution is 2.33. The van der Waals surface area contributed by atoms with Crippen molar-refractivity contribution in [2.45, 2.75) is 37.7 Å². The summed E-state index contributed by atoms with van der Waals surface area (Å²) >= 11 is 5.75. The second-order valence-electron chi connectivity index (χ2n) is 3.97. The highest BCUT2D eigenvalue weighted by molar-refractivity contribution is 6.27. The molecule has 0 bridgehead atoms. The lowest BCUT2D eigenvalue weighted by molar-refractivity contribution is -0.146. The van der Waals surface area contributed by atoms with Gasteiger partial charge in [0.05, 0.1) is 11.4 Å². The molecular weight excluding hydrogens is 269 g/mol. The van der Waals surface area contributed by atoms with Crippen molar-refractivity contribution in [3.8, 4) is 0 Å². The molecule has 0 spiro atoms. The normalized spacial score (nSPS) is 13.7. The van der Waals surface area contributed by atoms with Crippen LogP contribution in [0.1, 0.15) is 42.4 Å². The number of hydrogen-bond donors (Lipinski definition) is 0. The Hall–Kier alpha value is -1.04. The predicted octanol–water partition coefficient (Wildman–Crippen LogP) is 3.26. The Bertz CT molecular complexity index is 429. The van der Waals surface area contributed by atoms with Crippen LogP contribution in [0.15, 0.2) is 0 Å². The van der Waals surface area contributed by atoms with Crippen molar-refractivity contribution < 1.29 is 18.0 Å². The van der Waals surface area contributed by atoms with Crippen LogP contribution in [0.4, 0.5) is 13.2 Å². The van der Waals surface area contributed by atoms with Crippen LogP contribution in [0, 0.1) is 0 Å². The van der Waals surface area contributed by atoms with E-state index >= 15 is 0 Å². The lowest BCUT2D eigenvalue weighted by Gasteiger charge is -2.09. The summed E-state index contributed by atoms with van der Waals surface area (Å²) in [5.41, 5.74) is 0.381. The number of alkyl halides is 4. The minimum absolute atomic E-state index is 0.132. The van der Waals surface area contributed by atoms with Gasteiger partial charge in [-0.2, -0.15) is 13.2 Å². The van der Waals surface area contributed by atoms with E-state index < -0.39 is 17.4 Å². The molecule has 1 aromatic rings. The van der Waals surface area contributed by atoms with Crippen molar-refractivity contribution in [3.05, 3.63) is 17.2 Å². The largest absolute Gasteiger partial charge is 0.449 e. The molecule has 1 heterocycles. The number of aryl methyl sites for hydroxylation is 1. The van der Waals surface area contributed by atoms with Gasteiger partial charge in [0.15, 0.2) is 0 Å². The van der Waals surface area contributed by atoms with Gasteiger partial charge < -0.3 is 9.36 Å². The second-order valence-corrected chi connectivity index (χ2v) is 4.44. The number of halogens is 4. The molecule has 7 heteroatoms. The van der Waals surface area contributed by atoms with E-state index in [9.17, 15) is 18.0 Å². The zero-order valence-electron chi connectivity index (χ0n) is 10.1. The molecule has 0 aliphatic carbocycles. The molecule has 1 unspecified atom stereocenters. The van der Waals surface area contributed by atoms with Gasteiger partial charge in [0.25, 0.3) is 0 Å². The number of aldehydes is 1. The molecule has 1 aromatic heterocycles. The number of aromatic nitrogens is 2. The van der Waals surface area contributed by atoms with E-state index in [0.717, 1.165) is 11.0 Å². The van der Waals surface area contributed by atoms with E-state index in [2.05, 4.69) is 4.98 Å². The van der Waals surface area contributed by atoms with Crippen LogP contribution >= 0.6 is 11.6 Å². The Morgan fingerprint density at radius 2 is 2.11 bits per heavy atom. The maximum Gasteiger partial charge on any atom is 0.449 e. The van der Waals surface area contributed by atoms with Crippen molar-refractivity contribution >= 4 is 17.9 Å².